The molecule has 0 saturated carbocycles. The van der Waals surface area contributed by atoms with Gasteiger partial charge in [-0.1, -0.05) is 13.3 Å². The van der Waals surface area contributed by atoms with Crippen molar-refractivity contribution in [1.82, 2.24) is 10.2 Å². The van der Waals surface area contributed by atoms with Crippen molar-refractivity contribution in [2.24, 2.45) is 5.41 Å². The van der Waals surface area contributed by atoms with Gasteiger partial charge in [0.2, 0.25) is 5.91 Å². The predicted octanol–water partition coefficient (Wildman–Crippen LogP) is 2.62. The molecule has 1 N–H and O–H groups in total. The van der Waals surface area contributed by atoms with E-state index in [0.717, 1.165) is 25.8 Å². The largest absolute Gasteiger partial charge is 0.462 e. The fraction of sp³-hybridized carbons (Fsp3) is 0.905. The molecule has 0 radical (unpaired) electrons. The molecule has 1 atom stereocenters. The van der Waals surface area contributed by atoms with E-state index in [1.54, 1.807) is 20.8 Å². The highest BCUT2D eigenvalue weighted by molar-refractivity contribution is 5.83. The van der Waals surface area contributed by atoms with Crippen LogP contribution in [0, 0.1) is 5.41 Å². The number of nitrogens with zero attached hydrogens (tertiary/aromatic N) is 1. The molecule has 0 aromatic heterocycles. The smallest absolute Gasteiger partial charge is 0.337 e. The van der Waals surface area contributed by atoms with Crippen LogP contribution in [0.3, 0.4) is 0 Å². The summed E-state index contributed by atoms with van der Waals surface area (Å²) in [6, 6.07) is 0. The highest BCUT2D eigenvalue weighted by atomic mass is 16.6. The summed E-state index contributed by atoms with van der Waals surface area (Å²) in [4.78, 5) is 27.3. The molecule has 28 heavy (non-hydrogen) atoms. The summed E-state index contributed by atoms with van der Waals surface area (Å²) in [6.45, 7) is 13.1. The zero-order valence-electron chi connectivity index (χ0n) is 19.2. The van der Waals surface area contributed by atoms with Crippen molar-refractivity contribution in [3.8, 4) is 0 Å². The number of hydrogen-bond donors (Lipinski definition) is 1. The number of carbonyl (C=O) groups is 2. The Morgan fingerprint density at radius 3 is 2.25 bits per heavy atom. The Morgan fingerprint density at radius 1 is 1.07 bits per heavy atom. The van der Waals surface area contributed by atoms with Crippen molar-refractivity contribution in [3.05, 3.63) is 0 Å². The van der Waals surface area contributed by atoms with Gasteiger partial charge in [0.1, 0.15) is 12.0 Å². The van der Waals surface area contributed by atoms with Gasteiger partial charge < -0.3 is 24.4 Å². The minimum Gasteiger partial charge on any atom is -0.462 e. The van der Waals surface area contributed by atoms with Crippen LogP contribution in [0.1, 0.15) is 60.8 Å². The van der Waals surface area contributed by atoms with Gasteiger partial charge in [-0.15, -0.1) is 0 Å². The highest BCUT2D eigenvalue weighted by Crippen LogP contribution is 2.21. The first-order chi connectivity index (χ1) is 12.9. The van der Waals surface area contributed by atoms with E-state index in [1.807, 2.05) is 27.9 Å². The summed E-state index contributed by atoms with van der Waals surface area (Å²) in [5, 5.41) is 2.94. The number of rotatable bonds is 15. The third-order valence-corrected chi connectivity index (χ3v) is 4.33. The molecule has 0 aliphatic rings. The first-order valence-electron chi connectivity index (χ1n) is 10.3. The van der Waals surface area contributed by atoms with E-state index >= 15 is 0 Å². The Morgan fingerprint density at radius 2 is 1.71 bits per heavy atom. The van der Waals surface area contributed by atoms with Gasteiger partial charge in [-0.2, -0.15) is 0 Å². The van der Waals surface area contributed by atoms with E-state index in [4.69, 9.17) is 14.2 Å². The Hall–Kier alpha value is -1.18. The molecule has 0 heterocycles. The Bertz CT molecular complexity index is 466. The topological polar surface area (TPSA) is 77.1 Å². The molecular weight excluding hydrogens is 360 g/mol. The molecule has 7 heteroatoms. The van der Waals surface area contributed by atoms with Gasteiger partial charge in [-0.3, -0.25) is 4.79 Å². The van der Waals surface area contributed by atoms with Crippen molar-refractivity contribution in [2.75, 3.05) is 47.0 Å². The van der Waals surface area contributed by atoms with Crippen LogP contribution >= 0.6 is 0 Å². The summed E-state index contributed by atoms with van der Waals surface area (Å²) in [6.07, 6.45) is 2.69. The first-order valence-corrected chi connectivity index (χ1v) is 10.3. The predicted molar refractivity (Wildman–Crippen MR) is 111 cm³/mol. The maximum Gasteiger partial charge on any atom is 0.337 e. The van der Waals surface area contributed by atoms with Crippen molar-refractivity contribution in [1.29, 1.82) is 0 Å². The Labute approximate surface area is 171 Å². The molecule has 0 aromatic carbocycles. The number of unbranched alkanes of at least 4 members (excludes halogenated alkanes) is 1. The number of carbonyl (C=O) groups excluding carboxylic acids is 2. The van der Waals surface area contributed by atoms with E-state index in [1.165, 1.54) is 0 Å². The highest BCUT2D eigenvalue weighted by Gasteiger charge is 2.38. The first kappa shape index (κ1) is 26.8. The standard InChI is InChI=1S/C21H42N2O5/c1-9-10-14-28-20(4,5)19(25)27-16-21(6,15-26-17(2)3)18(24)22-12-11-13-23(7)8/h17H,9-16H2,1-8H3,(H,22,24). The minimum atomic E-state index is -1.04. The van der Waals surface area contributed by atoms with Gasteiger partial charge in [0.15, 0.2) is 5.60 Å². The van der Waals surface area contributed by atoms with Crippen LogP contribution in [0.2, 0.25) is 0 Å². The van der Waals surface area contributed by atoms with Crippen LogP contribution in [-0.2, 0) is 23.8 Å². The second-order valence-electron chi connectivity index (χ2n) is 8.62. The minimum absolute atomic E-state index is 0.0228. The maximum absolute atomic E-state index is 12.8. The van der Waals surface area contributed by atoms with E-state index in [2.05, 4.69) is 17.1 Å². The number of nitrogens with one attached hydrogen (secondary N) is 1. The fourth-order valence-electron chi connectivity index (χ4n) is 2.26. The van der Waals surface area contributed by atoms with Gasteiger partial charge in [-0.05, 0) is 68.1 Å². The second-order valence-corrected chi connectivity index (χ2v) is 8.62. The van der Waals surface area contributed by atoms with Crippen LogP contribution < -0.4 is 5.32 Å². The van der Waals surface area contributed by atoms with Crippen molar-refractivity contribution in [2.45, 2.75) is 72.5 Å². The van der Waals surface area contributed by atoms with E-state index < -0.39 is 17.0 Å². The van der Waals surface area contributed by atoms with Crippen molar-refractivity contribution >= 4 is 11.9 Å². The Balaban J connectivity index is 4.84. The van der Waals surface area contributed by atoms with Crippen LogP contribution in [0.4, 0.5) is 0 Å². The van der Waals surface area contributed by atoms with Gasteiger partial charge in [0.25, 0.3) is 0 Å². The summed E-state index contributed by atoms with van der Waals surface area (Å²) < 4.78 is 16.8. The molecule has 1 amide bonds. The lowest BCUT2D eigenvalue weighted by atomic mass is 9.91. The third kappa shape index (κ3) is 11.0. The van der Waals surface area contributed by atoms with Crippen LogP contribution in [0.15, 0.2) is 0 Å². The monoisotopic (exact) mass is 402 g/mol. The molecule has 0 aliphatic carbocycles. The second kappa shape index (κ2) is 13.1. The molecule has 1 unspecified atom stereocenters. The normalized spacial score (nSPS) is 14.2. The molecule has 0 rings (SSSR count). The van der Waals surface area contributed by atoms with Crippen molar-refractivity contribution < 1.29 is 23.8 Å². The molecular formula is C21H42N2O5. The van der Waals surface area contributed by atoms with Gasteiger partial charge in [0.05, 0.1) is 12.7 Å². The van der Waals surface area contributed by atoms with Crippen molar-refractivity contribution in [3.63, 3.8) is 0 Å². The number of esters is 1. The number of amides is 1. The number of hydrogen-bond acceptors (Lipinski definition) is 6. The van der Waals surface area contributed by atoms with Gasteiger partial charge >= 0.3 is 5.97 Å². The van der Waals surface area contributed by atoms with Gasteiger partial charge in [-0.25, -0.2) is 4.79 Å². The summed E-state index contributed by atoms with van der Waals surface area (Å²) >= 11 is 0. The zero-order valence-corrected chi connectivity index (χ0v) is 19.2. The number of ether oxygens (including phenoxy) is 3. The molecule has 0 fully saturated rings. The fourth-order valence-corrected chi connectivity index (χ4v) is 2.26. The zero-order chi connectivity index (χ0) is 21.8. The Kier molecular flexibility index (Phi) is 12.6. The average Bonchev–Trinajstić information content (AvgIpc) is 2.61. The van der Waals surface area contributed by atoms with E-state index in [0.29, 0.717) is 13.2 Å². The van der Waals surface area contributed by atoms with Crippen LogP contribution in [0.25, 0.3) is 0 Å². The van der Waals surface area contributed by atoms with E-state index in [-0.39, 0.29) is 25.2 Å². The lowest BCUT2D eigenvalue weighted by molar-refractivity contribution is -0.174. The average molecular weight is 403 g/mol. The summed E-state index contributed by atoms with van der Waals surface area (Å²) in [5.41, 5.74) is -2.01. The maximum atomic E-state index is 12.8. The van der Waals surface area contributed by atoms with Crippen LogP contribution in [0.5, 0.6) is 0 Å². The molecule has 0 saturated heterocycles. The quantitative estimate of drug-likeness (QED) is 0.335. The SMILES string of the molecule is CCCCOC(C)(C)C(=O)OCC(C)(COC(C)C)C(=O)NCCCN(C)C. The van der Waals surface area contributed by atoms with E-state index in [9.17, 15) is 9.59 Å². The van der Waals surface area contributed by atoms with Crippen LogP contribution in [-0.4, -0.2) is 75.5 Å². The van der Waals surface area contributed by atoms with Gasteiger partial charge in [0, 0.05) is 13.2 Å². The molecule has 0 bridgehead atoms. The molecule has 166 valence electrons. The summed E-state index contributed by atoms with van der Waals surface area (Å²) in [5.74, 6) is -0.649. The molecule has 0 spiro atoms. The summed E-state index contributed by atoms with van der Waals surface area (Å²) in [7, 11) is 3.98. The lowest BCUT2D eigenvalue weighted by Gasteiger charge is -2.30. The third-order valence-electron chi connectivity index (χ3n) is 4.33. The molecule has 7 nitrogen and oxygen atoms in total. The molecule has 0 aliphatic heterocycles. The molecule has 0 aromatic rings. The lowest BCUT2D eigenvalue weighted by Crippen LogP contribution is -2.48.